The Balaban J connectivity index is 2.46. The van der Waals surface area contributed by atoms with Crippen LogP contribution in [0.1, 0.15) is 37.3 Å². The molecule has 0 amide bonds. The fourth-order valence-corrected chi connectivity index (χ4v) is 3.05. The van der Waals surface area contributed by atoms with Crippen LogP contribution in [-0.4, -0.2) is 4.98 Å². The van der Waals surface area contributed by atoms with Crippen molar-refractivity contribution < 1.29 is 0 Å². The molecule has 2 aromatic rings. The van der Waals surface area contributed by atoms with E-state index in [2.05, 4.69) is 44.0 Å². The Bertz CT molecular complexity index is 500. The molecule has 1 atom stereocenters. The van der Waals surface area contributed by atoms with Crippen molar-refractivity contribution in [3.8, 4) is 0 Å². The molecule has 0 saturated carbocycles. The summed E-state index contributed by atoms with van der Waals surface area (Å²) in [6.45, 7) is 6.33. The van der Waals surface area contributed by atoms with Crippen molar-refractivity contribution in [1.82, 2.24) is 4.98 Å². The largest absolute Gasteiger partial charge is 0.320 e. The third-order valence-corrected chi connectivity index (χ3v) is 4.10. The van der Waals surface area contributed by atoms with E-state index in [1.165, 1.54) is 10.3 Å². The van der Waals surface area contributed by atoms with Crippen LogP contribution in [0.25, 0.3) is 10.2 Å². The van der Waals surface area contributed by atoms with Crippen LogP contribution in [-0.2, 0) is 5.54 Å². The van der Waals surface area contributed by atoms with Gasteiger partial charge in [-0.2, -0.15) is 0 Å². The number of nitrogens with zero attached hydrogens (tertiary/aromatic N) is 1. The summed E-state index contributed by atoms with van der Waals surface area (Å²) in [5.74, 6) is 0. The Morgan fingerprint density at radius 1 is 1.44 bits per heavy atom. The third-order valence-electron chi connectivity index (χ3n) is 2.80. The van der Waals surface area contributed by atoms with Crippen molar-refractivity contribution in [2.45, 2.75) is 39.2 Å². The van der Waals surface area contributed by atoms with Crippen LogP contribution in [0.2, 0.25) is 0 Å². The second-order valence-electron chi connectivity index (χ2n) is 4.66. The standard InChI is InChI=1S/C13H18N2S/c1-4-7-13(3,14)12-15-10-6-5-9(2)8-11(10)16-12/h5-6,8H,4,7,14H2,1-3H3. The Labute approximate surface area is 101 Å². The van der Waals surface area contributed by atoms with Gasteiger partial charge in [0.05, 0.1) is 15.8 Å². The SMILES string of the molecule is CCCC(C)(N)c1nc2ccc(C)cc2s1. The lowest BCUT2D eigenvalue weighted by Gasteiger charge is -2.20. The van der Waals surface area contributed by atoms with Crippen LogP contribution in [0.3, 0.4) is 0 Å². The van der Waals surface area contributed by atoms with Crippen LogP contribution >= 0.6 is 11.3 Å². The molecular weight excluding hydrogens is 216 g/mol. The molecule has 0 bridgehead atoms. The Hall–Kier alpha value is -0.930. The van der Waals surface area contributed by atoms with Crippen molar-refractivity contribution in [2.75, 3.05) is 0 Å². The number of benzene rings is 1. The molecule has 3 heteroatoms. The molecule has 1 heterocycles. The molecule has 2 rings (SSSR count). The van der Waals surface area contributed by atoms with Crippen LogP contribution in [0.4, 0.5) is 0 Å². The zero-order valence-corrected chi connectivity index (χ0v) is 10.9. The molecule has 16 heavy (non-hydrogen) atoms. The molecule has 1 aromatic carbocycles. The maximum Gasteiger partial charge on any atom is 0.113 e. The van der Waals surface area contributed by atoms with Gasteiger partial charge in [0.2, 0.25) is 0 Å². The van der Waals surface area contributed by atoms with E-state index in [1.807, 2.05) is 0 Å². The van der Waals surface area contributed by atoms with E-state index in [4.69, 9.17) is 5.73 Å². The second kappa shape index (κ2) is 4.15. The Morgan fingerprint density at radius 2 is 2.19 bits per heavy atom. The van der Waals surface area contributed by atoms with Gasteiger partial charge in [0.15, 0.2) is 0 Å². The molecule has 0 radical (unpaired) electrons. The molecule has 2 N–H and O–H groups in total. The number of hydrogen-bond donors (Lipinski definition) is 1. The minimum absolute atomic E-state index is 0.285. The fraction of sp³-hybridized carbons (Fsp3) is 0.462. The number of thiazole rings is 1. The van der Waals surface area contributed by atoms with Gasteiger partial charge < -0.3 is 5.73 Å². The lowest BCUT2D eigenvalue weighted by molar-refractivity contribution is 0.445. The zero-order chi connectivity index (χ0) is 11.8. The maximum atomic E-state index is 6.30. The van der Waals surface area contributed by atoms with Gasteiger partial charge in [-0.1, -0.05) is 19.4 Å². The normalized spacial score (nSPS) is 15.2. The Morgan fingerprint density at radius 3 is 2.88 bits per heavy atom. The molecule has 86 valence electrons. The van der Waals surface area contributed by atoms with Gasteiger partial charge in [-0.25, -0.2) is 4.98 Å². The molecule has 0 aliphatic carbocycles. The summed E-state index contributed by atoms with van der Waals surface area (Å²) < 4.78 is 1.24. The molecular formula is C13H18N2S. The first-order valence-corrected chi connectivity index (χ1v) is 6.51. The predicted molar refractivity (Wildman–Crippen MR) is 70.8 cm³/mol. The first-order chi connectivity index (χ1) is 7.53. The Kier molecular flexibility index (Phi) is 3.00. The highest BCUT2D eigenvalue weighted by molar-refractivity contribution is 7.18. The topological polar surface area (TPSA) is 38.9 Å². The molecule has 0 aliphatic heterocycles. The van der Waals surface area contributed by atoms with Crippen molar-refractivity contribution >= 4 is 21.6 Å². The van der Waals surface area contributed by atoms with E-state index < -0.39 is 0 Å². The van der Waals surface area contributed by atoms with E-state index in [9.17, 15) is 0 Å². The lowest BCUT2D eigenvalue weighted by atomic mass is 9.99. The van der Waals surface area contributed by atoms with Crippen molar-refractivity contribution in [2.24, 2.45) is 5.73 Å². The molecule has 0 saturated heterocycles. The van der Waals surface area contributed by atoms with Gasteiger partial charge >= 0.3 is 0 Å². The van der Waals surface area contributed by atoms with E-state index in [0.29, 0.717) is 0 Å². The summed E-state index contributed by atoms with van der Waals surface area (Å²) in [5, 5.41) is 1.05. The highest BCUT2D eigenvalue weighted by Crippen LogP contribution is 2.31. The monoisotopic (exact) mass is 234 g/mol. The summed E-state index contributed by atoms with van der Waals surface area (Å²) in [7, 11) is 0. The first-order valence-electron chi connectivity index (χ1n) is 5.69. The summed E-state index contributed by atoms with van der Waals surface area (Å²) in [6.07, 6.45) is 2.06. The number of aryl methyl sites for hydroxylation is 1. The minimum atomic E-state index is -0.285. The van der Waals surface area contributed by atoms with Crippen molar-refractivity contribution in [1.29, 1.82) is 0 Å². The van der Waals surface area contributed by atoms with Gasteiger partial charge in [0, 0.05) is 0 Å². The average Bonchev–Trinajstić information content (AvgIpc) is 2.61. The number of hydrogen-bond acceptors (Lipinski definition) is 3. The highest BCUT2D eigenvalue weighted by atomic mass is 32.1. The molecule has 2 nitrogen and oxygen atoms in total. The molecule has 0 spiro atoms. The molecule has 0 aliphatic rings. The van der Waals surface area contributed by atoms with Crippen molar-refractivity contribution in [3.05, 3.63) is 28.8 Å². The van der Waals surface area contributed by atoms with Gasteiger partial charge in [-0.3, -0.25) is 0 Å². The maximum absolute atomic E-state index is 6.30. The smallest absolute Gasteiger partial charge is 0.113 e. The van der Waals surface area contributed by atoms with E-state index in [1.54, 1.807) is 11.3 Å². The summed E-state index contributed by atoms with van der Waals surface area (Å²) in [6, 6.07) is 6.35. The van der Waals surface area contributed by atoms with E-state index in [0.717, 1.165) is 23.4 Å². The van der Waals surface area contributed by atoms with Crippen LogP contribution in [0.15, 0.2) is 18.2 Å². The first kappa shape index (κ1) is 11.6. The summed E-state index contributed by atoms with van der Waals surface area (Å²) in [5.41, 5.74) is 8.36. The molecule has 1 aromatic heterocycles. The average molecular weight is 234 g/mol. The van der Waals surface area contributed by atoms with Gasteiger partial charge in [0.1, 0.15) is 5.01 Å². The van der Waals surface area contributed by atoms with Gasteiger partial charge in [0.25, 0.3) is 0 Å². The van der Waals surface area contributed by atoms with Crippen LogP contribution < -0.4 is 5.73 Å². The third kappa shape index (κ3) is 2.11. The molecule has 0 fully saturated rings. The van der Waals surface area contributed by atoms with Crippen LogP contribution in [0, 0.1) is 6.92 Å². The second-order valence-corrected chi connectivity index (χ2v) is 5.69. The van der Waals surface area contributed by atoms with E-state index in [-0.39, 0.29) is 5.54 Å². The van der Waals surface area contributed by atoms with Crippen molar-refractivity contribution in [3.63, 3.8) is 0 Å². The quantitative estimate of drug-likeness (QED) is 0.881. The van der Waals surface area contributed by atoms with Gasteiger partial charge in [-0.15, -0.1) is 11.3 Å². The minimum Gasteiger partial charge on any atom is -0.320 e. The van der Waals surface area contributed by atoms with E-state index >= 15 is 0 Å². The summed E-state index contributed by atoms with van der Waals surface area (Å²) >= 11 is 1.72. The number of nitrogens with two attached hydrogens (primary N) is 1. The molecule has 1 unspecified atom stereocenters. The number of rotatable bonds is 3. The lowest BCUT2D eigenvalue weighted by Crippen LogP contribution is -2.32. The summed E-state index contributed by atoms with van der Waals surface area (Å²) in [4.78, 5) is 4.64. The fourth-order valence-electron chi connectivity index (χ4n) is 1.90. The number of fused-ring (bicyclic) bond motifs is 1. The predicted octanol–water partition coefficient (Wildman–Crippen LogP) is 3.58. The highest BCUT2D eigenvalue weighted by Gasteiger charge is 2.24. The number of aromatic nitrogens is 1. The zero-order valence-electron chi connectivity index (χ0n) is 10.1. The van der Waals surface area contributed by atoms with Gasteiger partial charge in [-0.05, 0) is 38.0 Å². The van der Waals surface area contributed by atoms with Crippen LogP contribution in [0.5, 0.6) is 0 Å².